The Bertz CT molecular complexity index is 408. The van der Waals surface area contributed by atoms with Crippen LogP contribution in [0.2, 0.25) is 0 Å². The molecule has 64 valence electrons. The number of rotatable bonds is 2. The largest absolute Gasteiger partial charge is 0.295 e. The van der Waals surface area contributed by atoms with E-state index in [0.717, 1.165) is 16.7 Å². The molecule has 0 saturated carbocycles. The number of hydrogen-bond acceptors (Lipinski definition) is 3. The van der Waals surface area contributed by atoms with Gasteiger partial charge in [0, 0.05) is 6.20 Å². The van der Waals surface area contributed by atoms with E-state index in [0.29, 0.717) is 5.01 Å². The number of carbonyl (C=O) groups is 1. The number of benzene rings is 1. The Morgan fingerprint density at radius 2 is 2.00 bits per heavy atom. The summed E-state index contributed by atoms with van der Waals surface area (Å²) in [6.45, 7) is 0. The number of thiazole rings is 1. The van der Waals surface area contributed by atoms with Crippen molar-refractivity contribution < 1.29 is 4.79 Å². The smallest absolute Gasteiger partial charge is 0.178 e. The Hall–Kier alpha value is -1.48. The lowest BCUT2D eigenvalue weighted by Gasteiger charge is -1.92. The van der Waals surface area contributed by atoms with Crippen LogP contribution in [-0.4, -0.2) is 11.3 Å². The van der Waals surface area contributed by atoms with E-state index in [9.17, 15) is 4.79 Å². The zero-order valence-electron chi connectivity index (χ0n) is 6.81. The Morgan fingerprint density at radius 1 is 1.23 bits per heavy atom. The maximum atomic E-state index is 10.4. The predicted molar refractivity (Wildman–Crippen MR) is 52.9 cm³/mol. The van der Waals surface area contributed by atoms with Gasteiger partial charge in [-0.25, -0.2) is 4.98 Å². The molecule has 0 atom stereocenters. The van der Waals surface area contributed by atoms with E-state index in [1.165, 1.54) is 11.3 Å². The third-order valence-corrected chi connectivity index (χ3v) is 2.65. The summed E-state index contributed by atoms with van der Waals surface area (Å²) in [4.78, 5) is 15.4. The minimum absolute atomic E-state index is 0.527. The van der Waals surface area contributed by atoms with Gasteiger partial charge in [-0.15, -0.1) is 11.3 Å². The molecule has 0 aliphatic carbocycles. The van der Waals surface area contributed by atoms with Crippen LogP contribution in [0.3, 0.4) is 0 Å². The molecule has 0 spiro atoms. The van der Waals surface area contributed by atoms with Gasteiger partial charge in [0.1, 0.15) is 0 Å². The van der Waals surface area contributed by atoms with Crippen molar-refractivity contribution in [1.82, 2.24) is 4.98 Å². The summed E-state index contributed by atoms with van der Waals surface area (Å²) >= 11 is 1.41. The number of nitrogens with zero attached hydrogens (tertiary/aromatic N) is 1. The molecule has 0 N–H and O–H groups in total. The van der Waals surface area contributed by atoms with Gasteiger partial charge in [-0.3, -0.25) is 4.79 Å². The Kier molecular flexibility index (Phi) is 2.19. The van der Waals surface area contributed by atoms with Gasteiger partial charge in [0.25, 0.3) is 0 Å². The lowest BCUT2D eigenvalue weighted by Crippen LogP contribution is -1.69. The van der Waals surface area contributed by atoms with Crippen LogP contribution in [0, 0.1) is 0 Å². The standard InChI is InChI=1S/C10H7NOS/c12-7-10-11-6-9(13-10)8-4-2-1-3-5-8/h1-7H. The second kappa shape index (κ2) is 3.49. The monoisotopic (exact) mass is 189 g/mol. The maximum absolute atomic E-state index is 10.4. The summed E-state index contributed by atoms with van der Waals surface area (Å²) in [6, 6.07) is 9.90. The Morgan fingerprint density at radius 3 is 2.62 bits per heavy atom. The molecule has 2 nitrogen and oxygen atoms in total. The van der Waals surface area contributed by atoms with Crippen molar-refractivity contribution in [3.8, 4) is 10.4 Å². The fourth-order valence-corrected chi connectivity index (χ4v) is 1.82. The third-order valence-electron chi connectivity index (χ3n) is 1.68. The first kappa shape index (κ1) is 8.13. The number of aromatic nitrogens is 1. The van der Waals surface area contributed by atoms with Crippen LogP contribution in [-0.2, 0) is 0 Å². The van der Waals surface area contributed by atoms with Gasteiger partial charge in [0.15, 0.2) is 11.3 Å². The van der Waals surface area contributed by atoms with Crippen molar-refractivity contribution in [1.29, 1.82) is 0 Å². The lowest BCUT2D eigenvalue weighted by atomic mass is 10.2. The normalized spacial score (nSPS) is 9.85. The van der Waals surface area contributed by atoms with E-state index in [4.69, 9.17) is 0 Å². The topological polar surface area (TPSA) is 30.0 Å². The van der Waals surface area contributed by atoms with Crippen LogP contribution in [0.1, 0.15) is 9.80 Å². The molecular weight excluding hydrogens is 182 g/mol. The fourth-order valence-electron chi connectivity index (χ4n) is 1.08. The fraction of sp³-hybridized carbons (Fsp3) is 0. The highest BCUT2D eigenvalue weighted by Gasteiger charge is 2.01. The highest BCUT2D eigenvalue weighted by atomic mass is 32.1. The van der Waals surface area contributed by atoms with E-state index in [2.05, 4.69) is 4.98 Å². The maximum Gasteiger partial charge on any atom is 0.178 e. The molecule has 0 bridgehead atoms. The van der Waals surface area contributed by atoms with E-state index in [1.54, 1.807) is 6.20 Å². The van der Waals surface area contributed by atoms with Crippen LogP contribution in [0.4, 0.5) is 0 Å². The minimum Gasteiger partial charge on any atom is -0.295 e. The van der Waals surface area contributed by atoms with E-state index < -0.39 is 0 Å². The summed E-state index contributed by atoms with van der Waals surface area (Å²) in [5, 5.41) is 0.527. The molecule has 0 radical (unpaired) electrons. The molecule has 0 saturated heterocycles. The van der Waals surface area contributed by atoms with Crippen LogP contribution in [0.5, 0.6) is 0 Å². The van der Waals surface area contributed by atoms with Crippen LogP contribution < -0.4 is 0 Å². The summed E-state index contributed by atoms with van der Waals surface area (Å²) in [5.74, 6) is 0. The quantitative estimate of drug-likeness (QED) is 0.680. The molecule has 0 aliphatic rings. The Balaban J connectivity index is 2.41. The average molecular weight is 189 g/mol. The predicted octanol–water partition coefficient (Wildman–Crippen LogP) is 2.62. The SMILES string of the molecule is O=Cc1ncc(-c2ccccc2)s1. The number of hydrogen-bond donors (Lipinski definition) is 0. The van der Waals surface area contributed by atoms with Gasteiger partial charge < -0.3 is 0 Å². The van der Waals surface area contributed by atoms with E-state index in [-0.39, 0.29) is 0 Å². The molecule has 2 rings (SSSR count). The van der Waals surface area contributed by atoms with Crippen molar-refractivity contribution in [2.45, 2.75) is 0 Å². The van der Waals surface area contributed by atoms with Crippen molar-refractivity contribution in [2.24, 2.45) is 0 Å². The molecule has 0 unspecified atom stereocenters. The van der Waals surface area contributed by atoms with Crippen LogP contribution in [0.15, 0.2) is 36.5 Å². The summed E-state index contributed by atoms with van der Waals surface area (Å²) in [5.41, 5.74) is 1.10. The first-order chi connectivity index (χ1) is 6.40. The van der Waals surface area contributed by atoms with Crippen molar-refractivity contribution >= 4 is 17.6 Å². The highest BCUT2D eigenvalue weighted by Crippen LogP contribution is 2.24. The van der Waals surface area contributed by atoms with Gasteiger partial charge in [-0.1, -0.05) is 30.3 Å². The number of aldehydes is 1. The highest BCUT2D eigenvalue weighted by molar-refractivity contribution is 7.16. The van der Waals surface area contributed by atoms with Gasteiger partial charge in [-0.2, -0.15) is 0 Å². The summed E-state index contributed by atoms with van der Waals surface area (Å²) < 4.78 is 0. The molecule has 1 heterocycles. The molecule has 13 heavy (non-hydrogen) atoms. The molecule has 0 aliphatic heterocycles. The molecular formula is C10H7NOS. The summed E-state index contributed by atoms with van der Waals surface area (Å²) in [7, 11) is 0. The second-order valence-corrected chi connectivity index (χ2v) is 3.61. The zero-order valence-corrected chi connectivity index (χ0v) is 7.62. The molecule has 0 fully saturated rings. The first-order valence-corrected chi connectivity index (χ1v) is 4.68. The molecule has 1 aromatic heterocycles. The van der Waals surface area contributed by atoms with Gasteiger partial charge >= 0.3 is 0 Å². The molecule has 0 amide bonds. The summed E-state index contributed by atoms with van der Waals surface area (Å²) in [6.07, 6.45) is 2.50. The van der Waals surface area contributed by atoms with Gasteiger partial charge in [-0.05, 0) is 5.56 Å². The first-order valence-electron chi connectivity index (χ1n) is 3.86. The van der Waals surface area contributed by atoms with Crippen LogP contribution in [0.25, 0.3) is 10.4 Å². The van der Waals surface area contributed by atoms with Gasteiger partial charge in [0.05, 0.1) is 4.88 Å². The van der Waals surface area contributed by atoms with Crippen LogP contribution >= 0.6 is 11.3 Å². The van der Waals surface area contributed by atoms with Gasteiger partial charge in [0.2, 0.25) is 0 Å². The molecule has 3 heteroatoms. The van der Waals surface area contributed by atoms with E-state index >= 15 is 0 Å². The second-order valence-electron chi connectivity index (χ2n) is 2.55. The average Bonchev–Trinajstić information content (AvgIpc) is 2.67. The third kappa shape index (κ3) is 1.65. The molecule has 1 aromatic carbocycles. The zero-order chi connectivity index (χ0) is 9.10. The molecule has 2 aromatic rings. The van der Waals surface area contributed by atoms with Crippen molar-refractivity contribution in [3.05, 3.63) is 41.5 Å². The van der Waals surface area contributed by atoms with Crippen molar-refractivity contribution in [2.75, 3.05) is 0 Å². The minimum atomic E-state index is 0.527. The lowest BCUT2D eigenvalue weighted by molar-refractivity contribution is 0.112. The Labute approximate surface area is 79.9 Å². The number of carbonyl (C=O) groups excluding carboxylic acids is 1. The van der Waals surface area contributed by atoms with E-state index in [1.807, 2.05) is 30.3 Å². The van der Waals surface area contributed by atoms with Crippen molar-refractivity contribution in [3.63, 3.8) is 0 Å².